The molecule has 13 heteroatoms. The fraction of sp³-hybridized carbons (Fsp3) is 0.154. The van der Waals surface area contributed by atoms with Gasteiger partial charge in [-0.05, 0) is 79.6 Å². The number of sulfonamides is 1. The lowest BCUT2D eigenvalue weighted by molar-refractivity contribution is 0.0928. The number of ether oxygens (including phenoxy) is 1. The number of fused-ring (bicyclic) bond motifs is 1. The SMILES string of the molecule is CCS(=O)(=O)Nc1cc2oc(-c3ccc(F)cc3)c(C(=O)NC)c2cc1-c1ccc(OCc2ccccc2)c(C(=O)N[C@H](C)c2ccc(F)cc2)n1. The first kappa shape index (κ1) is 35.7. The van der Waals surface area contributed by atoms with Crippen molar-refractivity contribution in [1.29, 1.82) is 0 Å². The van der Waals surface area contributed by atoms with Crippen LogP contribution >= 0.6 is 0 Å². The van der Waals surface area contributed by atoms with Crippen molar-refractivity contribution < 1.29 is 35.9 Å². The number of anilines is 1. The highest BCUT2D eigenvalue weighted by Gasteiger charge is 2.26. The molecule has 3 N–H and O–H groups in total. The fourth-order valence-electron chi connectivity index (χ4n) is 5.54. The number of nitrogens with zero attached hydrogens (tertiary/aromatic N) is 1. The van der Waals surface area contributed by atoms with Crippen molar-refractivity contribution in [3.63, 3.8) is 0 Å². The molecule has 0 aliphatic rings. The number of benzene rings is 4. The minimum absolute atomic E-state index is 0.0775. The summed E-state index contributed by atoms with van der Waals surface area (Å²) in [5, 5.41) is 5.81. The Morgan fingerprint density at radius 3 is 2.21 bits per heavy atom. The van der Waals surface area contributed by atoms with Crippen molar-refractivity contribution in [3.8, 4) is 28.3 Å². The van der Waals surface area contributed by atoms with Crippen LogP contribution in [0.5, 0.6) is 5.75 Å². The maximum Gasteiger partial charge on any atom is 0.274 e. The normalized spacial score (nSPS) is 11.9. The van der Waals surface area contributed by atoms with Crippen molar-refractivity contribution in [2.75, 3.05) is 17.5 Å². The van der Waals surface area contributed by atoms with Gasteiger partial charge in [-0.2, -0.15) is 0 Å². The lowest BCUT2D eigenvalue weighted by Crippen LogP contribution is -2.28. The van der Waals surface area contributed by atoms with Gasteiger partial charge in [-0.3, -0.25) is 14.3 Å². The van der Waals surface area contributed by atoms with E-state index in [4.69, 9.17) is 14.1 Å². The number of aromatic nitrogens is 1. The number of nitrogens with one attached hydrogen (secondary N) is 3. The lowest BCUT2D eigenvalue weighted by atomic mass is 10.0. The van der Waals surface area contributed by atoms with Crippen LogP contribution in [0.3, 0.4) is 0 Å². The van der Waals surface area contributed by atoms with E-state index in [1.807, 2.05) is 30.3 Å². The molecule has 0 saturated carbocycles. The number of halogens is 2. The molecule has 0 aliphatic carbocycles. The molecular weight excluding hydrogens is 691 g/mol. The van der Waals surface area contributed by atoms with Crippen LogP contribution in [-0.2, 0) is 16.6 Å². The summed E-state index contributed by atoms with van der Waals surface area (Å²) in [5.74, 6) is -1.95. The van der Waals surface area contributed by atoms with Crippen LogP contribution in [0, 0.1) is 11.6 Å². The average molecular weight is 725 g/mol. The van der Waals surface area contributed by atoms with Gasteiger partial charge >= 0.3 is 0 Å². The summed E-state index contributed by atoms with van der Waals surface area (Å²) in [6.07, 6.45) is 0. The number of pyridine rings is 1. The van der Waals surface area contributed by atoms with Gasteiger partial charge in [0.2, 0.25) is 10.0 Å². The van der Waals surface area contributed by atoms with Crippen LogP contribution in [0.25, 0.3) is 33.6 Å². The zero-order valence-electron chi connectivity index (χ0n) is 28.4. The van der Waals surface area contributed by atoms with E-state index in [0.29, 0.717) is 16.5 Å². The zero-order valence-corrected chi connectivity index (χ0v) is 29.2. The smallest absolute Gasteiger partial charge is 0.274 e. The van der Waals surface area contributed by atoms with Crippen LogP contribution in [-0.4, -0.2) is 38.0 Å². The van der Waals surface area contributed by atoms with Gasteiger partial charge in [0.25, 0.3) is 11.8 Å². The molecule has 4 aromatic carbocycles. The highest BCUT2D eigenvalue weighted by Crippen LogP contribution is 2.40. The Morgan fingerprint density at radius 2 is 1.56 bits per heavy atom. The molecule has 2 aromatic heterocycles. The number of hydrogen-bond acceptors (Lipinski definition) is 7. The summed E-state index contributed by atoms with van der Waals surface area (Å²) in [7, 11) is -2.40. The predicted octanol–water partition coefficient (Wildman–Crippen LogP) is 7.63. The van der Waals surface area contributed by atoms with E-state index in [9.17, 15) is 26.8 Å². The monoisotopic (exact) mass is 724 g/mol. The van der Waals surface area contributed by atoms with E-state index < -0.39 is 39.5 Å². The summed E-state index contributed by atoms with van der Waals surface area (Å²) < 4.78 is 68.1. The number of carbonyl (C=O) groups excluding carboxylic acids is 2. The van der Waals surface area contributed by atoms with Crippen LogP contribution in [0.1, 0.15) is 51.9 Å². The predicted molar refractivity (Wildman–Crippen MR) is 194 cm³/mol. The molecule has 266 valence electrons. The third kappa shape index (κ3) is 7.79. The molecule has 10 nitrogen and oxygen atoms in total. The Hall–Kier alpha value is -6.08. The molecular formula is C39H34F2N4O6S. The Labute approximate surface area is 298 Å². The van der Waals surface area contributed by atoms with E-state index >= 15 is 0 Å². The largest absolute Gasteiger partial charge is 0.486 e. The molecule has 52 heavy (non-hydrogen) atoms. The van der Waals surface area contributed by atoms with Crippen LogP contribution in [0.4, 0.5) is 14.5 Å². The van der Waals surface area contributed by atoms with Crippen molar-refractivity contribution in [2.24, 2.45) is 0 Å². The molecule has 0 fully saturated rings. The van der Waals surface area contributed by atoms with Gasteiger partial charge in [0, 0.05) is 29.6 Å². The number of hydrogen-bond donors (Lipinski definition) is 3. The average Bonchev–Trinajstić information content (AvgIpc) is 3.52. The molecule has 0 unspecified atom stereocenters. The van der Waals surface area contributed by atoms with Gasteiger partial charge in [0.05, 0.1) is 28.7 Å². The van der Waals surface area contributed by atoms with Gasteiger partial charge < -0.3 is 19.8 Å². The Balaban J connectivity index is 1.51. The van der Waals surface area contributed by atoms with Gasteiger partial charge in [0.15, 0.2) is 11.4 Å². The van der Waals surface area contributed by atoms with E-state index in [1.165, 1.54) is 56.4 Å². The topological polar surface area (TPSA) is 140 Å². The third-order valence-electron chi connectivity index (χ3n) is 8.34. The number of carbonyl (C=O) groups is 2. The molecule has 2 heterocycles. The first-order valence-corrected chi connectivity index (χ1v) is 17.9. The first-order valence-electron chi connectivity index (χ1n) is 16.3. The van der Waals surface area contributed by atoms with Crippen LogP contribution in [0.2, 0.25) is 0 Å². The Kier molecular flexibility index (Phi) is 10.3. The molecule has 0 aliphatic heterocycles. The Morgan fingerprint density at radius 1 is 0.885 bits per heavy atom. The Bertz CT molecular complexity index is 2370. The van der Waals surface area contributed by atoms with Crippen LogP contribution in [0.15, 0.2) is 108 Å². The second-order valence-corrected chi connectivity index (χ2v) is 13.9. The molecule has 0 radical (unpaired) electrons. The van der Waals surface area contributed by atoms with Crippen molar-refractivity contribution in [2.45, 2.75) is 26.5 Å². The maximum absolute atomic E-state index is 13.9. The van der Waals surface area contributed by atoms with Gasteiger partial charge in [-0.25, -0.2) is 22.2 Å². The van der Waals surface area contributed by atoms with Crippen molar-refractivity contribution in [3.05, 3.63) is 137 Å². The fourth-order valence-corrected chi connectivity index (χ4v) is 6.19. The maximum atomic E-state index is 13.9. The molecule has 6 aromatic rings. The van der Waals surface area contributed by atoms with E-state index in [2.05, 4.69) is 15.4 Å². The zero-order chi connectivity index (χ0) is 37.0. The highest BCUT2D eigenvalue weighted by molar-refractivity contribution is 7.92. The van der Waals surface area contributed by atoms with Gasteiger partial charge in [-0.1, -0.05) is 42.5 Å². The standard InChI is InChI=1S/C39H34F2N4O6S/c1-4-52(48,49)45-32-21-34-30(35(38(46)42-3)37(51-34)26-12-16-28(41)17-13-26)20-29(32)31-18-19-33(50-22-24-8-6-5-7-9-24)36(44-31)39(47)43-23(2)25-10-14-27(40)15-11-25/h5-21,23,45H,4,22H2,1-3H3,(H,42,46)(H,43,47)/t23-/m1/s1. The summed E-state index contributed by atoms with van der Waals surface area (Å²) in [6, 6.07) is 26.0. The summed E-state index contributed by atoms with van der Waals surface area (Å²) >= 11 is 0. The van der Waals surface area contributed by atoms with E-state index in [0.717, 1.165) is 5.56 Å². The molecule has 0 bridgehead atoms. The first-order chi connectivity index (χ1) is 25.0. The summed E-state index contributed by atoms with van der Waals surface area (Å²) in [4.78, 5) is 31.9. The number of rotatable bonds is 12. The quantitative estimate of drug-likeness (QED) is 0.118. The van der Waals surface area contributed by atoms with E-state index in [1.54, 1.807) is 37.3 Å². The minimum Gasteiger partial charge on any atom is -0.486 e. The second kappa shape index (κ2) is 15.0. The van der Waals surface area contributed by atoms with Crippen molar-refractivity contribution in [1.82, 2.24) is 15.6 Å². The lowest BCUT2D eigenvalue weighted by Gasteiger charge is -2.18. The second-order valence-electron chi connectivity index (χ2n) is 11.9. The molecule has 2 amide bonds. The third-order valence-corrected chi connectivity index (χ3v) is 9.63. The minimum atomic E-state index is -3.85. The number of amides is 2. The molecule has 6 rings (SSSR count). The summed E-state index contributed by atoms with van der Waals surface area (Å²) in [6.45, 7) is 3.34. The van der Waals surface area contributed by atoms with Gasteiger partial charge in [0.1, 0.15) is 29.6 Å². The van der Waals surface area contributed by atoms with Gasteiger partial charge in [-0.15, -0.1) is 0 Å². The summed E-state index contributed by atoms with van der Waals surface area (Å²) in [5.41, 5.74) is 2.60. The van der Waals surface area contributed by atoms with Crippen molar-refractivity contribution >= 4 is 38.5 Å². The molecule has 1 atom stereocenters. The van der Waals surface area contributed by atoms with E-state index in [-0.39, 0.29) is 57.7 Å². The van der Waals surface area contributed by atoms with Crippen LogP contribution < -0.4 is 20.1 Å². The number of furan rings is 1. The molecule has 0 spiro atoms. The highest BCUT2D eigenvalue weighted by atomic mass is 32.2. The molecule has 0 saturated heterocycles.